The van der Waals surface area contributed by atoms with Crippen molar-refractivity contribution in [1.29, 1.82) is 0 Å². The number of nitrogens with two attached hydrogens (primary N) is 1. The number of hydrogen-bond donors (Lipinski definition) is 2. The highest BCUT2D eigenvalue weighted by atomic mass is 19.1. The van der Waals surface area contributed by atoms with E-state index in [1.54, 1.807) is 12.1 Å². The zero-order chi connectivity index (χ0) is 15.2. The molecule has 0 spiro atoms. The van der Waals surface area contributed by atoms with E-state index in [0.717, 1.165) is 11.1 Å². The predicted octanol–water partition coefficient (Wildman–Crippen LogP) is 2.70. The van der Waals surface area contributed by atoms with E-state index in [1.807, 2.05) is 31.2 Å². The van der Waals surface area contributed by atoms with Crippen LogP contribution in [0.2, 0.25) is 0 Å². The van der Waals surface area contributed by atoms with Crippen LogP contribution >= 0.6 is 0 Å². The Morgan fingerprint density at radius 2 is 1.90 bits per heavy atom. The van der Waals surface area contributed by atoms with E-state index in [9.17, 15) is 9.18 Å². The van der Waals surface area contributed by atoms with Crippen molar-refractivity contribution in [3.8, 4) is 0 Å². The smallest absolute Gasteiger partial charge is 0.224 e. The summed E-state index contributed by atoms with van der Waals surface area (Å²) in [7, 11) is 0. The van der Waals surface area contributed by atoms with Crippen LogP contribution in [-0.4, -0.2) is 5.91 Å². The van der Waals surface area contributed by atoms with Gasteiger partial charge in [-0.05, 0) is 35.7 Å². The molecule has 0 fully saturated rings. The molecule has 0 aliphatic heterocycles. The molecule has 0 radical (unpaired) electrons. The Bertz CT molecular complexity index is 610. The molecule has 0 bridgehead atoms. The minimum Gasteiger partial charge on any atom is -0.349 e. The summed E-state index contributed by atoms with van der Waals surface area (Å²) in [5, 5.41) is 2.91. The van der Waals surface area contributed by atoms with Crippen LogP contribution < -0.4 is 11.1 Å². The summed E-state index contributed by atoms with van der Waals surface area (Å²) in [5.74, 6) is -0.457. The summed E-state index contributed by atoms with van der Waals surface area (Å²) in [6.07, 6.45) is 0.170. The van der Waals surface area contributed by atoms with Gasteiger partial charge in [0.1, 0.15) is 5.82 Å². The van der Waals surface area contributed by atoms with E-state index in [-0.39, 0.29) is 24.2 Å². The summed E-state index contributed by atoms with van der Waals surface area (Å²) in [5.41, 5.74) is 8.29. The highest BCUT2D eigenvalue weighted by Gasteiger charge is 2.10. The van der Waals surface area contributed by atoms with Crippen molar-refractivity contribution in [2.45, 2.75) is 25.9 Å². The van der Waals surface area contributed by atoms with Gasteiger partial charge in [0.2, 0.25) is 5.91 Å². The summed E-state index contributed by atoms with van der Waals surface area (Å²) in [6.45, 7) is 2.42. The van der Waals surface area contributed by atoms with Crippen molar-refractivity contribution in [3.63, 3.8) is 0 Å². The van der Waals surface area contributed by atoms with E-state index in [1.165, 1.54) is 12.1 Å². The largest absolute Gasteiger partial charge is 0.349 e. The molecule has 0 aliphatic rings. The molecule has 1 amide bonds. The third kappa shape index (κ3) is 4.39. The second-order valence-electron chi connectivity index (χ2n) is 5.04. The first kappa shape index (κ1) is 15.2. The van der Waals surface area contributed by atoms with Gasteiger partial charge < -0.3 is 11.1 Å². The summed E-state index contributed by atoms with van der Waals surface area (Å²) in [4.78, 5) is 12.0. The van der Waals surface area contributed by atoms with Crippen LogP contribution in [0, 0.1) is 5.82 Å². The Morgan fingerprint density at radius 1 is 1.19 bits per heavy atom. The summed E-state index contributed by atoms with van der Waals surface area (Å²) < 4.78 is 13.1. The third-order valence-electron chi connectivity index (χ3n) is 3.35. The standard InChI is InChI=1S/C17H19FN2O/c1-12(15-7-5-13(11-19)6-8-15)20-17(21)10-14-3-2-4-16(18)9-14/h2-9,12H,10-11,19H2,1H3,(H,20,21). The molecule has 3 N–H and O–H groups in total. The second kappa shape index (κ2) is 6.99. The van der Waals surface area contributed by atoms with Crippen LogP contribution in [0.15, 0.2) is 48.5 Å². The van der Waals surface area contributed by atoms with Crippen LogP contribution in [0.4, 0.5) is 4.39 Å². The first-order valence-electron chi connectivity index (χ1n) is 6.91. The maximum Gasteiger partial charge on any atom is 0.224 e. The van der Waals surface area contributed by atoms with Crippen LogP contribution in [0.1, 0.15) is 29.7 Å². The number of rotatable bonds is 5. The van der Waals surface area contributed by atoms with E-state index in [0.29, 0.717) is 12.1 Å². The Morgan fingerprint density at radius 3 is 2.52 bits per heavy atom. The van der Waals surface area contributed by atoms with Gasteiger partial charge >= 0.3 is 0 Å². The average molecular weight is 286 g/mol. The Kier molecular flexibility index (Phi) is 5.06. The lowest BCUT2D eigenvalue weighted by molar-refractivity contribution is -0.121. The molecule has 4 heteroatoms. The molecule has 0 aliphatic carbocycles. The Hall–Kier alpha value is -2.20. The molecule has 0 saturated heterocycles. The highest BCUT2D eigenvalue weighted by Crippen LogP contribution is 2.14. The van der Waals surface area contributed by atoms with Gasteiger partial charge in [-0.3, -0.25) is 4.79 Å². The fraction of sp³-hybridized carbons (Fsp3) is 0.235. The lowest BCUT2D eigenvalue weighted by Gasteiger charge is -2.15. The van der Waals surface area contributed by atoms with Gasteiger partial charge in [0.05, 0.1) is 12.5 Å². The van der Waals surface area contributed by atoms with Crippen LogP contribution in [0.25, 0.3) is 0 Å². The highest BCUT2D eigenvalue weighted by molar-refractivity contribution is 5.79. The second-order valence-corrected chi connectivity index (χ2v) is 5.04. The van der Waals surface area contributed by atoms with Gasteiger partial charge in [-0.15, -0.1) is 0 Å². The zero-order valence-electron chi connectivity index (χ0n) is 12.0. The molecular formula is C17H19FN2O. The number of nitrogens with one attached hydrogen (secondary N) is 1. The fourth-order valence-corrected chi connectivity index (χ4v) is 2.15. The van der Waals surface area contributed by atoms with Crippen LogP contribution in [-0.2, 0) is 17.8 Å². The number of hydrogen-bond acceptors (Lipinski definition) is 2. The van der Waals surface area contributed by atoms with Gasteiger partial charge in [-0.1, -0.05) is 36.4 Å². The molecule has 110 valence electrons. The summed E-state index contributed by atoms with van der Waals surface area (Å²) in [6, 6.07) is 13.8. The minimum atomic E-state index is -0.328. The van der Waals surface area contributed by atoms with Crippen LogP contribution in [0.3, 0.4) is 0 Å². The van der Waals surface area contributed by atoms with Gasteiger partial charge in [0.15, 0.2) is 0 Å². The van der Waals surface area contributed by atoms with Crippen molar-refractivity contribution in [1.82, 2.24) is 5.32 Å². The lowest BCUT2D eigenvalue weighted by Crippen LogP contribution is -2.28. The minimum absolute atomic E-state index is 0.0992. The lowest BCUT2D eigenvalue weighted by atomic mass is 10.1. The number of benzene rings is 2. The third-order valence-corrected chi connectivity index (χ3v) is 3.35. The topological polar surface area (TPSA) is 55.1 Å². The molecule has 1 unspecified atom stereocenters. The van der Waals surface area contributed by atoms with Crippen molar-refractivity contribution in [2.75, 3.05) is 0 Å². The monoisotopic (exact) mass is 286 g/mol. The molecule has 2 aromatic carbocycles. The molecule has 1 atom stereocenters. The molecule has 0 aromatic heterocycles. The van der Waals surface area contributed by atoms with Crippen molar-refractivity contribution < 1.29 is 9.18 Å². The van der Waals surface area contributed by atoms with Crippen molar-refractivity contribution in [3.05, 3.63) is 71.0 Å². The number of amides is 1. The molecular weight excluding hydrogens is 267 g/mol. The molecule has 0 saturated carbocycles. The number of carbonyl (C=O) groups is 1. The van der Waals surface area contributed by atoms with Gasteiger partial charge in [-0.25, -0.2) is 4.39 Å². The fourth-order valence-electron chi connectivity index (χ4n) is 2.15. The summed E-state index contributed by atoms with van der Waals surface area (Å²) >= 11 is 0. The first-order chi connectivity index (χ1) is 10.1. The molecule has 2 aromatic rings. The Balaban J connectivity index is 1.95. The molecule has 2 rings (SSSR count). The number of carbonyl (C=O) groups excluding carboxylic acids is 1. The molecule has 21 heavy (non-hydrogen) atoms. The Labute approximate surface area is 124 Å². The number of halogens is 1. The molecule has 3 nitrogen and oxygen atoms in total. The maximum absolute atomic E-state index is 13.1. The first-order valence-corrected chi connectivity index (χ1v) is 6.91. The van der Waals surface area contributed by atoms with Gasteiger partial charge in [0.25, 0.3) is 0 Å². The van der Waals surface area contributed by atoms with E-state index < -0.39 is 0 Å². The normalized spacial score (nSPS) is 12.0. The maximum atomic E-state index is 13.1. The van der Waals surface area contributed by atoms with Crippen molar-refractivity contribution in [2.24, 2.45) is 5.73 Å². The SMILES string of the molecule is CC(NC(=O)Cc1cccc(F)c1)c1ccc(CN)cc1. The van der Waals surface area contributed by atoms with E-state index >= 15 is 0 Å². The van der Waals surface area contributed by atoms with Gasteiger partial charge in [0, 0.05) is 6.54 Å². The molecule has 0 heterocycles. The van der Waals surface area contributed by atoms with E-state index in [2.05, 4.69) is 5.32 Å². The van der Waals surface area contributed by atoms with Crippen LogP contribution in [0.5, 0.6) is 0 Å². The van der Waals surface area contributed by atoms with Gasteiger partial charge in [-0.2, -0.15) is 0 Å². The van der Waals surface area contributed by atoms with Crippen molar-refractivity contribution >= 4 is 5.91 Å². The quantitative estimate of drug-likeness (QED) is 0.888. The zero-order valence-corrected chi connectivity index (χ0v) is 12.0. The van der Waals surface area contributed by atoms with E-state index in [4.69, 9.17) is 5.73 Å². The average Bonchev–Trinajstić information content (AvgIpc) is 2.47. The predicted molar refractivity (Wildman–Crippen MR) is 81.0 cm³/mol.